The van der Waals surface area contributed by atoms with Crippen LogP contribution in [-0.2, 0) is 11.3 Å². The predicted octanol–water partition coefficient (Wildman–Crippen LogP) is 4.92. The van der Waals surface area contributed by atoms with Gasteiger partial charge in [-0.15, -0.1) is 0 Å². The highest BCUT2D eigenvalue weighted by molar-refractivity contribution is 7.22. The predicted molar refractivity (Wildman–Crippen MR) is 116 cm³/mol. The molecule has 0 unspecified atom stereocenters. The van der Waals surface area contributed by atoms with E-state index in [1.807, 2.05) is 66.7 Å². The number of amides is 1. The second-order valence-corrected chi connectivity index (χ2v) is 7.41. The highest BCUT2D eigenvalue weighted by atomic mass is 32.1. The highest BCUT2D eigenvalue weighted by Gasteiger charge is 2.21. The number of hydrogen-bond acceptors (Lipinski definition) is 5. The van der Waals surface area contributed by atoms with Crippen LogP contribution in [0, 0.1) is 0 Å². The molecule has 1 heterocycles. The average Bonchev–Trinajstić information content (AvgIpc) is 3.20. The van der Waals surface area contributed by atoms with Crippen molar-refractivity contribution < 1.29 is 14.3 Å². The summed E-state index contributed by atoms with van der Waals surface area (Å²) in [5.41, 5.74) is 1.91. The van der Waals surface area contributed by atoms with Gasteiger partial charge < -0.3 is 9.47 Å². The number of carbonyl (C=O) groups is 1. The van der Waals surface area contributed by atoms with Crippen LogP contribution in [0.25, 0.3) is 10.2 Å². The molecule has 0 atom stereocenters. The van der Waals surface area contributed by atoms with Gasteiger partial charge in [-0.25, -0.2) is 4.98 Å². The van der Waals surface area contributed by atoms with Crippen LogP contribution in [0.5, 0.6) is 11.5 Å². The van der Waals surface area contributed by atoms with Gasteiger partial charge in [0.1, 0.15) is 11.5 Å². The molecule has 1 aromatic heterocycles. The maximum absolute atomic E-state index is 13.1. The standard InChI is InChI=1S/C23H20N2O3S/c1-27-18-10-7-11-19(14-18)28-16-22(26)25(15-17-8-3-2-4-9-17)23-24-20-12-5-6-13-21(20)29-23/h2-14H,15-16H2,1H3. The van der Waals surface area contributed by atoms with E-state index in [2.05, 4.69) is 4.98 Å². The maximum Gasteiger partial charge on any atom is 0.267 e. The Labute approximate surface area is 173 Å². The number of benzene rings is 3. The van der Waals surface area contributed by atoms with Gasteiger partial charge in [-0.2, -0.15) is 0 Å². The summed E-state index contributed by atoms with van der Waals surface area (Å²) in [7, 11) is 1.60. The summed E-state index contributed by atoms with van der Waals surface area (Å²) in [5.74, 6) is 1.11. The number of nitrogens with zero attached hydrogens (tertiary/aromatic N) is 2. The van der Waals surface area contributed by atoms with Crippen LogP contribution < -0.4 is 14.4 Å². The maximum atomic E-state index is 13.1. The number of aromatic nitrogens is 1. The lowest BCUT2D eigenvalue weighted by Gasteiger charge is -2.20. The number of rotatable bonds is 7. The van der Waals surface area contributed by atoms with Crippen LogP contribution >= 0.6 is 11.3 Å². The third-order valence-electron chi connectivity index (χ3n) is 4.40. The molecule has 0 spiro atoms. The summed E-state index contributed by atoms with van der Waals surface area (Å²) in [4.78, 5) is 19.4. The van der Waals surface area contributed by atoms with Crippen molar-refractivity contribution in [3.8, 4) is 11.5 Å². The van der Waals surface area contributed by atoms with E-state index >= 15 is 0 Å². The van der Waals surface area contributed by atoms with E-state index in [0.29, 0.717) is 23.2 Å². The van der Waals surface area contributed by atoms with Gasteiger partial charge in [0, 0.05) is 6.07 Å². The SMILES string of the molecule is COc1cccc(OCC(=O)N(Cc2ccccc2)c2nc3ccccc3s2)c1. The normalized spacial score (nSPS) is 10.7. The topological polar surface area (TPSA) is 51.7 Å². The van der Waals surface area contributed by atoms with Gasteiger partial charge in [-0.1, -0.05) is 59.9 Å². The zero-order valence-corrected chi connectivity index (χ0v) is 16.8. The summed E-state index contributed by atoms with van der Waals surface area (Å²) >= 11 is 1.50. The lowest BCUT2D eigenvalue weighted by molar-refractivity contribution is -0.120. The summed E-state index contributed by atoms with van der Waals surface area (Å²) in [6.45, 7) is 0.344. The zero-order valence-electron chi connectivity index (χ0n) is 15.9. The number of para-hydroxylation sites is 1. The van der Waals surface area contributed by atoms with Gasteiger partial charge in [0.15, 0.2) is 11.7 Å². The molecule has 6 heteroatoms. The first-order chi connectivity index (χ1) is 14.2. The molecule has 1 amide bonds. The number of hydrogen-bond donors (Lipinski definition) is 0. The molecule has 0 fully saturated rings. The third kappa shape index (κ3) is 4.55. The molecule has 0 saturated heterocycles. The average molecular weight is 404 g/mol. The van der Waals surface area contributed by atoms with Crippen LogP contribution in [0.15, 0.2) is 78.9 Å². The van der Waals surface area contributed by atoms with Crippen molar-refractivity contribution in [2.75, 3.05) is 18.6 Å². The van der Waals surface area contributed by atoms with Gasteiger partial charge in [0.05, 0.1) is 23.9 Å². The quantitative estimate of drug-likeness (QED) is 0.439. The Morgan fingerprint density at radius 2 is 1.72 bits per heavy atom. The number of ether oxygens (including phenoxy) is 2. The Balaban J connectivity index is 1.57. The number of methoxy groups -OCH3 is 1. The molecule has 0 aliphatic heterocycles. The molecular formula is C23H20N2O3S. The first-order valence-corrected chi connectivity index (χ1v) is 10.0. The largest absolute Gasteiger partial charge is 0.497 e. The van der Waals surface area contributed by atoms with Crippen LogP contribution in [0.4, 0.5) is 5.13 Å². The van der Waals surface area contributed by atoms with Crippen molar-refractivity contribution in [3.63, 3.8) is 0 Å². The van der Waals surface area contributed by atoms with E-state index in [1.54, 1.807) is 24.1 Å². The molecule has 3 aromatic carbocycles. The van der Waals surface area contributed by atoms with Crippen molar-refractivity contribution in [2.24, 2.45) is 0 Å². The van der Waals surface area contributed by atoms with Crippen LogP contribution in [-0.4, -0.2) is 24.6 Å². The summed E-state index contributed by atoms with van der Waals surface area (Å²) in [6, 6.07) is 25.0. The molecule has 4 aromatic rings. The molecule has 0 saturated carbocycles. The second-order valence-electron chi connectivity index (χ2n) is 6.40. The second kappa shape index (κ2) is 8.75. The summed E-state index contributed by atoms with van der Waals surface area (Å²) in [5, 5.41) is 0.661. The van der Waals surface area contributed by atoms with Crippen molar-refractivity contribution in [1.82, 2.24) is 4.98 Å². The number of fused-ring (bicyclic) bond motifs is 1. The van der Waals surface area contributed by atoms with Gasteiger partial charge in [0.25, 0.3) is 5.91 Å². The molecular weight excluding hydrogens is 384 g/mol. The molecule has 0 aliphatic carbocycles. The Bertz CT molecular complexity index is 1080. The van der Waals surface area contributed by atoms with Gasteiger partial charge >= 0.3 is 0 Å². The smallest absolute Gasteiger partial charge is 0.267 e. The molecule has 4 rings (SSSR count). The minimum atomic E-state index is -0.157. The molecule has 146 valence electrons. The van der Waals surface area contributed by atoms with E-state index in [1.165, 1.54) is 11.3 Å². The van der Waals surface area contributed by atoms with E-state index in [0.717, 1.165) is 15.8 Å². The molecule has 0 radical (unpaired) electrons. The van der Waals surface area contributed by atoms with E-state index < -0.39 is 0 Å². The van der Waals surface area contributed by atoms with E-state index in [-0.39, 0.29) is 12.5 Å². The van der Waals surface area contributed by atoms with Gasteiger partial charge in [0.2, 0.25) is 0 Å². The van der Waals surface area contributed by atoms with Gasteiger partial charge in [-0.3, -0.25) is 9.69 Å². The van der Waals surface area contributed by atoms with E-state index in [9.17, 15) is 4.79 Å². The first kappa shape index (κ1) is 19.0. The minimum Gasteiger partial charge on any atom is -0.497 e. The molecule has 0 bridgehead atoms. The molecule has 0 N–H and O–H groups in total. The third-order valence-corrected chi connectivity index (χ3v) is 5.46. The van der Waals surface area contributed by atoms with Crippen LogP contribution in [0.1, 0.15) is 5.56 Å². The van der Waals surface area contributed by atoms with E-state index in [4.69, 9.17) is 9.47 Å². The Kier molecular flexibility index (Phi) is 5.72. The zero-order chi connectivity index (χ0) is 20.1. The number of anilines is 1. The molecule has 0 aliphatic rings. The van der Waals surface area contributed by atoms with Crippen molar-refractivity contribution >= 4 is 32.6 Å². The van der Waals surface area contributed by atoms with Crippen molar-refractivity contribution in [3.05, 3.63) is 84.4 Å². The lowest BCUT2D eigenvalue weighted by atomic mass is 10.2. The molecule has 5 nitrogen and oxygen atoms in total. The first-order valence-electron chi connectivity index (χ1n) is 9.19. The fourth-order valence-corrected chi connectivity index (χ4v) is 3.90. The fraction of sp³-hybridized carbons (Fsp3) is 0.130. The van der Waals surface area contributed by atoms with Gasteiger partial charge in [-0.05, 0) is 29.8 Å². The Hall–Kier alpha value is -3.38. The Morgan fingerprint density at radius 3 is 2.52 bits per heavy atom. The van der Waals surface area contributed by atoms with Crippen LogP contribution in [0.3, 0.4) is 0 Å². The number of carbonyl (C=O) groups excluding carboxylic acids is 1. The lowest BCUT2D eigenvalue weighted by Crippen LogP contribution is -2.34. The number of thiazole rings is 1. The van der Waals surface area contributed by atoms with Crippen molar-refractivity contribution in [1.29, 1.82) is 0 Å². The van der Waals surface area contributed by atoms with Crippen molar-refractivity contribution in [2.45, 2.75) is 6.54 Å². The summed E-state index contributed by atoms with van der Waals surface area (Å²) < 4.78 is 12.0. The summed E-state index contributed by atoms with van der Waals surface area (Å²) in [6.07, 6.45) is 0. The minimum absolute atomic E-state index is 0.0874. The fourth-order valence-electron chi connectivity index (χ4n) is 2.92. The van der Waals surface area contributed by atoms with Crippen LogP contribution in [0.2, 0.25) is 0 Å². The Morgan fingerprint density at radius 1 is 0.966 bits per heavy atom. The highest BCUT2D eigenvalue weighted by Crippen LogP contribution is 2.30. The molecule has 29 heavy (non-hydrogen) atoms. The monoisotopic (exact) mass is 404 g/mol.